The van der Waals surface area contributed by atoms with Crippen molar-refractivity contribution in [3.8, 4) is 0 Å². The summed E-state index contributed by atoms with van der Waals surface area (Å²) in [6.45, 7) is 10.4. The number of aromatic amines is 1. The van der Waals surface area contributed by atoms with E-state index in [0.29, 0.717) is 29.2 Å². The largest absolute Gasteiger partial charge is 0.481 e. The molecular formula is C25H28N8O3. The van der Waals surface area contributed by atoms with Crippen molar-refractivity contribution in [1.29, 1.82) is 0 Å². The number of nitrogens with zero attached hydrogens (tertiary/aromatic N) is 6. The summed E-state index contributed by atoms with van der Waals surface area (Å²) < 4.78 is 0. The maximum atomic E-state index is 12.6. The van der Waals surface area contributed by atoms with Crippen molar-refractivity contribution < 1.29 is 9.90 Å². The number of carbonyl (C=O) groups is 1. The second-order valence-electron chi connectivity index (χ2n) is 9.40. The molecule has 0 aliphatic carbocycles. The summed E-state index contributed by atoms with van der Waals surface area (Å²) in [7, 11) is 0. The number of fused-ring (bicyclic) bond motifs is 1. The zero-order chi connectivity index (χ0) is 25.1. The molecular weight excluding hydrogens is 460 g/mol. The minimum Gasteiger partial charge on any atom is -0.481 e. The molecule has 1 unspecified atom stereocenters. The van der Waals surface area contributed by atoms with E-state index in [1.165, 1.54) is 6.20 Å². The van der Waals surface area contributed by atoms with Gasteiger partial charge in [0.2, 0.25) is 12.0 Å². The standard InChI is InChI=1S/C25H28N8O3/c1-26-18-3-2-10-33(15-18)25-29-20-14-27-31-24(36)22(20)23(30-25)28-17-4-6-19(7-5-17)32-11-8-16(9-12-32)13-21(34)35/h4-7,14,16,18H,2-3,8-13,15H2,(H,31,36)(H,34,35)(H,28,29,30). The van der Waals surface area contributed by atoms with E-state index in [2.05, 4.69) is 35.2 Å². The quantitative estimate of drug-likeness (QED) is 0.448. The number of piperidine rings is 2. The molecule has 0 saturated carbocycles. The van der Waals surface area contributed by atoms with Gasteiger partial charge in [-0.25, -0.2) is 16.7 Å². The first-order valence-electron chi connectivity index (χ1n) is 12.2. The van der Waals surface area contributed by atoms with E-state index in [-0.39, 0.29) is 23.9 Å². The highest BCUT2D eigenvalue weighted by atomic mass is 16.4. The van der Waals surface area contributed by atoms with Crippen molar-refractivity contribution >= 4 is 40.0 Å². The Balaban J connectivity index is 1.37. The highest BCUT2D eigenvalue weighted by Gasteiger charge is 2.26. The second-order valence-corrected chi connectivity index (χ2v) is 9.40. The molecule has 3 aromatic rings. The number of anilines is 4. The van der Waals surface area contributed by atoms with Crippen LogP contribution in [-0.2, 0) is 4.79 Å². The minimum absolute atomic E-state index is 0.0894. The van der Waals surface area contributed by atoms with E-state index < -0.39 is 5.97 Å². The Morgan fingerprint density at radius 2 is 1.92 bits per heavy atom. The molecule has 11 heteroatoms. The van der Waals surface area contributed by atoms with Gasteiger partial charge in [-0.15, -0.1) is 0 Å². The van der Waals surface area contributed by atoms with Crippen molar-refractivity contribution in [2.24, 2.45) is 5.92 Å². The molecule has 11 nitrogen and oxygen atoms in total. The van der Waals surface area contributed by atoms with Gasteiger partial charge in [0.05, 0.1) is 12.7 Å². The van der Waals surface area contributed by atoms with Crippen LogP contribution in [0, 0.1) is 12.5 Å². The molecule has 186 valence electrons. The number of carboxylic acids is 1. The fourth-order valence-electron chi connectivity index (χ4n) is 5.00. The Hall–Kier alpha value is -4.20. The van der Waals surface area contributed by atoms with Gasteiger partial charge in [0, 0.05) is 43.9 Å². The Kier molecular flexibility index (Phi) is 6.66. The second kappa shape index (κ2) is 10.2. The van der Waals surface area contributed by atoms with Crippen LogP contribution in [0.4, 0.5) is 23.1 Å². The number of H-pyrrole nitrogens is 1. The molecule has 4 heterocycles. The van der Waals surface area contributed by atoms with Gasteiger partial charge < -0.3 is 25.1 Å². The lowest BCUT2D eigenvalue weighted by Gasteiger charge is -2.33. The van der Waals surface area contributed by atoms with Crippen LogP contribution in [0.3, 0.4) is 0 Å². The molecule has 1 aromatic carbocycles. The average Bonchev–Trinajstić information content (AvgIpc) is 2.89. The zero-order valence-electron chi connectivity index (χ0n) is 19.9. The summed E-state index contributed by atoms with van der Waals surface area (Å²) in [5, 5.41) is 19.0. The maximum Gasteiger partial charge on any atom is 0.303 e. The molecule has 2 aliphatic rings. The number of aromatic nitrogens is 4. The number of hydrogen-bond donors (Lipinski definition) is 3. The molecule has 2 saturated heterocycles. The molecule has 2 aromatic heterocycles. The van der Waals surface area contributed by atoms with Crippen LogP contribution >= 0.6 is 0 Å². The first-order chi connectivity index (χ1) is 17.5. The summed E-state index contributed by atoms with van der Waals surface area (Å²) in [4.78, 5) is 40.8. The normalized spacial score (nSPS) is 18.7. The predicted molar refractivity (Wildman–Crippen MR) is 137 cm³/mol. The van der Waals surface area contributed by atoms with Gasteiger partial charge in [-0.1, -0.05) is 0 Å². The van der Waals surface area contributed by atoms with Crippen molar-refractivity contribution in [2.45, 2.75) is 38.1 Å². The SMILES string of the molecule is [C-]#[N+]C1CCCN(c2nc(Nc3ccc(N4CCC(CC(=O)O)CC4)cc3)c3c(=O)[nH]ncc3n2)C1. The fraction of sp³-hybridized carbons (Fsp3) is 0.440. The predicted octanol–water partition coefficient (Wildman–Crippen LogP) is 3.04. The molecule has 2 aliphatic heterocycles. The van der Waals surface area contributed by atoms with E-state index in [4.69, 9.17) is 11.7 Å². The van der Waals surface area contributed by atoms with Crippen LogP contribution in [0.25, 0.3) is 15.7 Å². The number of nitrogens with one attached hydrogen (secondary N) is 2. The van der Waals surface area contributed by atoms with Gasteiger partial charge in [0.1, 0.15) is 16.7 Å². The lowest BCUT2D eigenvalue weighted by Crippen LogP contribution is -2.38. The third-order valence-electron chi connectivity index (χ3n) is 6.94. The highest BCUT2D eigenvalue weighted by molar-refractivity contribution is 5.90. The van der Waals surface area contributed by atoms with Crippen LogP contribution in [0.15, 0.2) is 35.3 Å². The zero-order valence-corrected chi connectivity index (χ0v) is 19.9. The molecule has 5 rings (SSSR count). The maximum absolute atomic E-state index is 12.6. The number of benzene rings is 1. The summed E-state index contributed by atoms with van der Waals surface area (Å²) in [6.07, 6.45) is 5.23. The van der Waals surface area contributed by atoms with Gasteiger partial charge in [-0.3, -0.25) is 9.59 Å². The van der Waals surface area contributed by atoms with E-state index in [1.54, 1.807) is 0 Å². The highest BCUT2D eigenvalue weighted by Crippen LogP contribution is 2.29. The van der Waals surface area contributed by atoms with Crippen LogP contribution < -0.4 is 20.7 Å². The van der Waals surface area contributed by atoms with Crippen molar-refractivity contribution in [3.63, 3.8) is 0 Å². The monoisotopic (exact) mass is 488 g/mol. The third kappa shape index (κ3) is 5.07. The van der Waals surface area contributed by atoms with E-state index in [1.807, 2.05) is 29.2 Å². The Morgan fingerprint density at radius 1 is 1.14 bits per heavy atom. The fourth-order valence-corrected chi connectivity index (χ4v) is 5.00. The minimum atomic E-state index is -0.731. The molecule has 2 fully saturated rings. The number of rotatable bonds is 6. The molecule has 0 bridgehead atoms. The van der Waals surface area contributed by atoms with Crippen LogP contribution in [0.2, 0.25) is 0 Å². The summed E-state index contributed by atoms with van der Waals surface area (Å²) >= 11 is 0. The van der Waals surface area contributed by atoms with Crippen LogP contribution in [0.5, 0.6) is 0 Å². The third-order valence-corrected chi connectivity index (χ3v) is 6.94. The lowest BCUT2D eigenvalue weighted by molar-refractivity contribution is -0.138. The van der Waals surface area contributed by atoms with Crippen molar-refractivity contribution in [3.05, 3.63) is 52.2 Å². The van der Waals surface area contributed by atoms with Gasteiger partial charge in [0.15, 0.2) is 0 Å². The van der Waals surface area contributed by atoms with Crippen molar-refractivity contribution in [1.82, 2.24) is 20.2 Å². The van der Waals surface area contributed by atoms with Crippen molar-refractivity contribution in [2.75, 3.05) is 41.3 Å². The van der Waals surface area contributed by atoms with Crippen LogP contribution in [0.1, 0.15) is 32.1 Å². The number of aliphatic carboxylic acids is 1. The van der Waals surface area contributed by atoms with E-state index >= 15 is 0 Å². The summed E-state index contributed by atoms with van der Waals surface area (Å²) in [5.74, 6) is 0.375. The van der Waals surface area contributed by atoms with Gasteiger partial charge in [0.25, 0.3) is 5.56 Å². The smallest absolute Gasteiger partial charge is 0.303 e. The number of hydrogen-bond acceptors (Lipinski definition) is 8. The van der Waals surface area contributed by atoms with Crippen LogP contribution in [-0.4, -0.2) is 63.5 Å². The van der Waals surface area contributed by atoms with Gasteiger partial charge >= 0.3 is 5.97 Å². The summed E-state index contributed by atoms with van der Waals surface area (Å²) in [5.41, 5.74) is 1.92. The molecule has 3 N–H and O–H groups in total. The molecule has 0 radical (unpaired) electrons. The Labute approximate surface area is 208 Å². The molecule has 0 spiro atoms. The first-order valence-corrected chi connectivity index (χ1v) is 12.2. The Bertz CT molecular complexity index is 1340. The first kappa shape index (κ1) is 23.5. The molecule has 1 atom stereocenters. The van der Waals surface area contributed by atoms with Gasteiger partial charge in [-0.05, 0) is 49.4 Å². The molecule has 36 heavy (non-hydrogen) atoms. The topological polar surface area (TPSA) is 132 Å². The summed E-state index contributed by atoms with van der Waals surface area (Å²) in [6, 6.07) is 7.82. The van der Waals surface area contributed by atoms with Gasteiger partial charge in [-0.2, -0.15) is 10.1 Å². The van der Waals surface area contributed by atoms with E-state index in [0.717, 1.165) is 56.7 Å². The molecule has 0 amide bonds. The van der Waals surface area contributed by atoms with E-state index in [9.17, 15) is 9.59 Å². The Morgan fingerprint density at radius 3 is 2.64 bits per heavy atom. The lowest BCUT2D eigenvalue weighted by atomic mass is 9.93. The number of carboxylic acid groups (broad SMARTS) is 1. The average molecular weight is 489 g/mol.